The molecule has 3 rings (SSSR count). The van der Waals surface area contributed by atoms with Gasteiger partial charge in [-0.05, 0) is 24.3 Å². The van der Waals surface area contributed by atoms with E-state index in [0.717, 1.165) is 6.07 Å². The van der Waals surface area contributed by atoms with E-state index in [9.17, 15) is 18.0 Å². The Balaban J connectivity index is 1.94. The lowest BCUT2D eigenvalue weighted by atomic mass is 10.2. The zero-order valence-corrected chi connectivity index (χ0v) is 12.1. The molecular formula is C14H8F3N3O2S. The van der Waals surface area contributed by atoms with E-state index in [-0.39, 0.29) is 5.75 Å². The van der Waals surface area contributed by atoms with E-state index >= 15 is 0 Å². The summed E-state index contributed by atoms with van der Waals surface area (Å²) in [6.07, 6.45) is -2.83. The number of rotatable bonds is 4. The predicted octanol–water partition coefficient (Wildman–Crippen LogP) is 4.07. The molecule has 0 fully saturated rings. The number of carbonyl (C=O) groups excluding carboxylic acids is 1. The minimum Gasteiger partial charge on any atom is -0.438 e. The van der Waals surface area contributed by atoms with Crippen LogP contribution in [0.1, 0.15) is 5.56 Å². The van der Waals surface area contributed by atoms with Crippen LogP contribution in [-0.2, 0) is 11.0 Å². The van der Waals surface area contributed by atoms with Gasteiger partial charge in [0.1, 0.15) is 11.3 Å². The van der Waals surface area contributed by atoms with Crippen LogP contribution in [-0.4, -0.2) is 16.4 Å². The number of pyridine rings is 1. The third-order valence-corrected chi connectivity index (χ3v) is 3.78. The molecule has 5 nitrogen and oxygen atoms in total. The second-order valence-corrected chi connectivity index (χ2v) is 5.40. The first-order valence-corrected chi connectivity index (χ1v) is 7.10. The molecule has 2 heterocycles. The van der Waals surface area contributed by atoms with Gasteiger partial charge in [0, 0.05) is 12.3 Å². The number of alkyl halides is 3. The fourth-order valence-electron chi connectivity index (χ4n) is 1.88. The Morgan fingerprint density at radius 1 is 1.26 bits per heavy atom. The highest BCUT2D eigenvalue weighted by atomic mass is 32.1. The van der Waals surface area contributed by atoms with Crippen molar-refractivity contribution in [2.75, 3.05) is 5.32 Å². The summed E-state index contributed by atoms with van der Waals surface area (Å²) in [7, 11) is 0. The lowest BCUT2D eigenvalue weighted by molar-refractivity contribution is -0.138. The summed E-state index contributed by atoms with van der Waals surface area (Å²) < 4.78 is 44.7. The molecule has 23 heavy (non-hydrogen) atoms. The second-order valence-electron chi connectivity index (χ2n) is 4.37. The van der Waals surface area contributed by atoms with Gasteiger partial charge in [-0.3, -0.25) is 4.79 Å². The van der Waals surface area contributed by atoms with Crippen LogP contribution in [0.3, 0.4) is 0 Å². The normalized spacial score (nSPS) is 11.4. The molecule has 0 radical (unpaired) electrons. The first-order chi connectivity index (χ1) is 11.0. The van der Waals surface area contributed by atoms with E-state index in [0.29, 0.717) is 21.8 Å². The Bertz CT molecular complexity index is 864. The van der Waals surface area contributed by atoms with Gasteiger partial charge in [-0.25, -0.2) is 9.97 Å². The van der Waals surface area contributed by atoms with Crippen LogP contribution in [0.25, 0.3) is 10.2 Å². The molecule has 118 valence electrons. The van der Waals surface area contributed by atoms with Gasteiger partial charge in [0.2, 0.25) is 12.3 Å². The Kier molecular flexibility index (Phi) is 3.87. The van der Waals surface area contributed by atoms with Crippen molar-refractivity contribution in [1.29, 1.82) is 0 Å². The number of hydrogen-bond acceptors (Lipinski definition) is 5. The zero-order valence-electron chi connectivity index (χ0n) is 11.3. The fraction of sp³-hybridized carbons (Fsp3) is 0.0714. The molecule has 0 saturated carbocycles. The van der Waals surface area contributed by atoms with Crippen molar-refractivity contribution in [2.45, 2.75) is 6.18 Å². The molecule has 1 amide bonds. The Hall–Kier alpha value is -2.68. The molecule has 0 saturated heterocycles. The summed E-state index contributed by atoms with van der Waals surface area (Å²) in [4.78, 5) is 18.2. The number of carbonyl (C=O) groups is 1. The molecule has 0 atom stereocenters. The number of hydrogen-bond donors (Lipinski definition) is 1. The Morgan fingerprint density at radius 2 is 2.09 bits per heavy atom. The van der Waals surface area contributed by atoms with E-state index in [1.807, 2.05) is 0 Å². The summed E-state index contributed by atoms with van der Waals surface area (Å²) in [5.41, 5.74) is -0.350. The predicted molar refractivity (Wildman–Crippen MR) is 78.6 cm³/mol. The quantitative estimate of drug-likeness (QED) is 0.728. The summed E-state index contributed by atoms with van der Waals surface area (Å²) in [5, 5.41) is 2.81. The van der Waals surface area contributed by atoms with Gasteiger partial charge in [-0.15, -0.1) is 0 Å². The number of fused-ring (bicyclic) bond motifs is 1. The lowest BCUT2D eigenvalue weighted by Gasteiger charge is -2.11. The first-order valence-electron chi connectivity index (χ1n) is 6.28. The van der Waals surface area contributed by atoms with Crippen molar-refractivity contribution in [1.82, 2.24) is 9.97 Å². The SMILES string of the molecule is O=CNc1nc2ccc(Oc3ncccc3C(F)(F)F)cc2s1. The molecule has 0 bridgehead atoms. The van der Waals surface area contributed by atoms with Crippen LogP contribution in [0.4, 0.5) is 18.3 Å². The van der Waals surface area contributed by atoms with Crippen molar-refractivity contribution < 1.29 is 22.7 Å². The highest BCUT2D eigenvalue weighted by molar-refractivity contribution is 7.22. The van der Waals surface area contributed by atoms with Crippen LogP contribution < -0.4 is 10.1 Å². The van der Waals surface area contributed by atoms with Crippen molar-refractivity contribution in [3.8, 4) is 11.6 Å². The van der Waals surface area contributed by atoms with Gasteiger partial charge < -0.3 is 10.1 Å². The largest absolute Gasteiger partial charge is 0.438 e. The number of nitrogens with zero attached hydrogens (tertiary/aromatic N) is 2. The average Bonchev–Trinajstić information content (AvgIpc) is 2.89. The lowest BCUT2D eigenvalue weighted by Crippen LogP contribution is -2.08. The number of anilines is 1. The highest BCUT2D eigenvalue weighted by Crippen LogP contribution is 2.37. The molecule has 0 unspecified atom stereocenters. The highest BCUT2D eigenvalue weighted by Gasteiger charge is 2.35. The van der Waals surface area contributed by atoms with Gasteiger partial charge in [-0.1, -0.05) is 11.3 Å². The van der Waals surface area contributed by atoms with Gasteiger partial charge in [0.15, 0.2) is 5.13 Å². The number of benzene rings is 1. The molecule has 0 aliphatic carbocycles. The van der Waals surface area contributed by atoms with Crippen molar-refractivity contribution >= 4 is 33.1 Å². The number of thiazole rings is 1. The standard InChI is InChI=1S/C14H8F3N3O2S/c15-14(16,17)9-2-1-5-18-12(9)22-8-3-4-10-11(6-8)23-13(20-10)19-7-21/h1-7H,(H,19,20,21). The average molecular weight is 339 g/mol. The van der Waals surface area contributed by atoms with Crippen LogP contribution in [0, 0.1) is 0 Å². The van der Waals surface area contributed by atoms with E-state index in [2.05, 4.69) is 15.3 Å². The minimum absolute atomic E-state index is 0.197. The third-order valence-electron chi connectivity index (χ3n) is 2.83. The maximum Gasteiger partial charge on any atom is 0.421 e. The summed E-state index contributed by atoms with van der Waals surface area (Å²) in [6.45, 7) is 0. The molecule has 0 aliphatic rings. The maximum atomic E-state index is 12.9. The summed E-state index contributed by atoms with van der Waals surface area (Å²) in [5.74, 6) is -0.321. The van der Waals surface area contributed by atoms with Gasteiger partial charge >= 0.3 is 6.18 Å². The van der Waals surface area contributed by atoms with E-state index < -0.39 is 17.6 Å². The first kappa shape index (κ1) is 15.2. The molecule has 9 heteroatoms. The van der Waals surface area contributed by atoms with Crippen LogP contribution >= 0.6 is 11.3 Å². The Morgan fingerprint density at radius 3 is 2.83 bits per heavy atom. The summed E-state index contributed by atoms with van der Waals surface area (Å²) in [6, 6.07) is 6.71. The number of amides is 1. The third kappa shape index (κ3) is 3.24. The molecule has 1 aromatic carbocycles. The Labute approximate surface area is 131 Å². The smallest absolute Gasteiger partial charge is 0.421 e. The van der Waals surface area contributed by atoms with Gasteiger partial charge in [-0.2, -0.15) is 13.2 Å². The molecule has 1 N–H and O–H groups in total. The monoisotopic (exact) mass is 339 g/mol. The van der Waals surface area contributed by atoms with Crippen molar-refractivity contribution in [3.63, 3.8) is 0 Å². The van der Waals surface area contributed by atoms with Gasteiger partial charge in [0.25, 0.3) is 0 Å². The number of aromatic nitrogens is 2. The molecular weight excluding hydrogens is 331 g/mol. The number of ether oxygens (including phenoxy) is 1. The van der Waals surface area contributed by atoms with Crippen molar-refractivity contribution in [3.05, 3.63) is 42.1 Å². The van der Waals surface area contributed by atoms with Crippen LogP contribution in [0.5, 0.6) is 11.6 Å². The molecule has 0 spiro atoms. The second kappa shape index (κ2) is 5.84. The molecule has 3 aromatic rings. The number of halogens is 3. The topological polar surface area (TPSA) is 64.1 Å². The van der Waals surface area contributed by atoms with Crippen LogP contribution in [0.2, 0.25) is 0 Å². The number of nitrogens with one attached hydrogen (secondary N) is 1. The van der Waals surface area contributed by atoms with Crippen molar-refractivity contribution in [2.24, 2.45) is 0 Å². The summed E-state index contributed by atoms with van der Waals surface area (Å²) >= 11 is 1.18. The van der Waals surface area contributed by atoms with E-state index in [4.69, 9.17) is 4.74 Å². The molecule has 2 aromatic heterocycles. The fourth-order valence-corrected chi connectivity index (χ4v) is 2.73. The van der Waals surface area contributed by atoms with E-state index in [1.54, 1.807) is 6.07 Å². The van der Waals surface area contributed by atoms with Crippen LogP contribution in [0.15, 0.2) is 36.5 Å². The molecule has 0 aliphatic heterocycles. The van der Waals surface area contributed by atoms with E-state index in [1.165, 1.54) is 35.7 Å². The zero-order chi connectivity index (χ0) is 16.4. The van der Waals surface area contributed by atoms with Gasteiger partial charge in [0.05, 0.1) is 10.2 Å². The minimum atomic E-state index is -4.56. The maximum absolute atomic E-state index is 12.9.